The van der Waals surface area contributed by atoms with E-state index in [4.69, 9.17) is 4.74 Å². The highest BCUT2D eigenvalue weighted by Crippen LogP contribution is 2.26. The summed E-state index contributed by atoms with van der Waals surface area (Å²) in [7, 11) is 1.63. The Hall–Kier alpha value is -4.06. The standard InChI is InChI=1S/C24H19FN4O/c1-30-20-13-11-18(12-14-20)23-15-22(17-7-3-2-4-8-17)27-24(28-23)29-26-16-19-9-5-6-10-21(19)25/h2-16H,1H3,(H,27,28,29)/b26-16+. The van der Waals surface area contributed by atoms with Gasteiger partial charge in [-0.15, -0.1) is 0 Å². The van der Waals surface area contributed by atoms with Crippen LogP contribution in [0.1, 0.15) is 5.56 Å². The lowest BCUT2D eigenvalue weighted by atomic mass is 10.1. The van der Waals surface area contributed by atoms with Gasteiger partial charge < -0.3 is 4.74 Å². The van der Waals surface area contributed by atoms with E-state index in [1.54, 1.807) is 25.3 Å². The van der Waals surface area contributed by atoms with Gasteiger partial charge in [0.05, 0.1) is 24.7 Å². The zero-order valence-electron chi connectivity index (χ0n) is 16.3. The molecule has 4 rings (SSSR count). The molecule has 0 saturated carbocycles. The molecule has 0 atom stereocenters. The van der Waals surface area contributed by atoms with Gasteiger partial charge in [0, 0.05) is 16.7 Å². The average Bonchev–Trinajstić information content (AvgIpc) is 2.81. The Morgan fingerprint density at radius 2 is 1.47 bits per heavy atom. The highest BCUT2D eigenvalue weighted by atomic mass is 19.1. The van der Waals surface area contributed by atoms with Crippen LogP contribution in [0.15, 0.2) is 90.0 Å². The molecule has 0 saturated heterocycles. The molecular weight excluding hydrogens is 379 g/mol. The van der Waals surface area contributed by atoms with Crippen LogP contribution in [-0.4, -0.2) is 23.3 Å². The molecule has 5 nitrogen and oxygen atoms in total. The molecule has 0 amide bonds. The van der Waals surface area contributed by atoms with Crippen molar-refractivity contribution in [1.82, 2.24) is 9.97 Å². The van der Waals surface area contributed by atoms with Crippen molar-refractivity contribution >= 4 is 12.2 Å². The van der Waals surface area contributed by atoms with Crippen LogP contribution in [0.25, 0.3) is 22.5 Å². The fraction of sp³-hybridized carbons (Fsp3) is 0.0417. The molecule has 30 heavy (non-hydrogen) atoms. The Kier molecular flexibility index (Phi) is 5.75. The Morgan fingerprint density at radius 1 is 0.833 bits per heavy atom. The number of hydrogen-bond acceptors (Lipinski definition) is 5. The molecule has 1 N–H and O–H groups in total. The van der Waals surface area contributed by atoms with Gasteiger partial charge in [-0.1, -0.05) is 48.5 Å². The van der Waals surface area contributed by atoms with Crippen LogP contribution in [0, 0.1) is 5.82 Å². The smallest absolute Gasteiger partial charge is 0.244 e. The number of halogens is 1. The molecule has 0 unspecified atom stereocenters. The normalized spacial score (nSPS) is 10.9. The average molecular weight is 398 g/mol. The number of rotatable bonds is 6. The molecule has 0 bridgehead atoms. The van der Waals surface area contributed by atoms with Crippen molar-refractivity contribution in [2.24, 2.45) is 5.10 Å². The highest BCUT2D eigenvalue weighted by molar-refractivity contribution is 5.80. The van der Waals surface area contributed by atoms with E-state index in [0.717, 1.165) is 28.3 Å². The summed E-state index contributed by atoms with van der Waals surface area (Å²) in [6.45, 7) is 0. The Balaban J connectivity index is 1.69. The molecule has 0 aliphatic rings. The Bertz CT molecular complexity index is 1160. The molecule has 0 fully saturated rings. The largest absolute Gasteiger partial charge is 0.497 e. The maximum atomic E-state index is 13.8. The van der Waals surface area contributed by atoms with E-state index in [-0.39, 0.29) is 5.82 Å². The summed E-state index contributed by atoms with van der Waals surface area (Å²) < 4.78 is 19.0. The van der Waals surface area contributed by atoms with Crippen molar-refractivity contribution in [2.45, 2.75) is 0 Å². The van der Waals surface area contributed by atoms with Crippen LogP contribution in [0.2, 0.25) is 0 Å². The number of nitrogens with zero attached hydrogens (tertiary/aromatic N) is 3. The Labute approximate surface area is 173 Å². The summed E-state index contributed by atoms with van der Waals surface area (Å²) in [5.41, 5.74) is 6.54. The van der Waals surface area contributed by atoms with Crippen molar-refractivity contribution < 1.29 is 9.13 Å². The van der Waals surface area contributed by atoms with Crippen LogP contribution < -0.4 is 10.2 Å². The first-order valence-electron chi connectivity index (χ1n) is 9.35. The lowest BCUT2D eigenvalue weighted by molar-refractivity contribution is 0.415. The van der Waals surface area contributed by atoms with Gasteiger partial charge in [-0.2, -0.15) is 5.10 Å². The van der Waals surface area contributed by atoms with Gasteiger partial charge in [0.1, 0.15) is 11.6 Å². The van der Waals surface area contributed by atoms with E-state index >= 15 is 0 Å². The van der Waals surface area contributed by atoms with Crippen LogP contribution in [0.3, 0.4) is 0 Å². The predicted octanol–water partition coefficient (Wildman–Crippen LogP) is 5.40. The van der Waals surface area contributed by atoms with Gasteiger partial charge >= 0.3 is 0 Å². The molecule has 0 spiro atoms. The monoisotopic (exact) mass is 398 g/mol. The molecule has 3 aromatic carbocycles. The van der Waals surface area contributed by atoms with Gasteiger partial charge in [0.15, 0.2) is 0 Å². The van der Waals surface area contributed by atoms with Crippen LogP contribution in [0.4, 0.5) is 10.3 Å². The molecule has 0 aliphatic carbocycles. The first-order valence-corrected chi connectivity index (χ1v) is 9.35. The van der Waals surface area contributed by atoms with Gasteiger partial charge in [0.2, 0.25) is 5.95 Å². The van der Waals surface area contributed by atoms with Crippen molar-refractivity contribution in [3.05, 3.63) is 96.3 Å². The third kappa shape index (κ3) is 4.50. The third-order valence-corrected chi connectivity index (χ3v) is 4.45. The molecule has 1 aromatic heterocycles. The molecular formula is C24H19FN4O. The minimum atomic E-state index is -0.346. The fourth-order valence-corrected chi connectivity index (χ4v) is 2.90. The van der Waals surface area contributed by atoms with Crippen molar-refractivity contribution in [1.29, 1.82) is 0 Å². The van der Waals surface area contributed by atoms with E-state index in [2.05, 4.69) is 20.5 Å². The van der Waals surface area contributed by atoms with E-state index < -0.39 is 0 Å². The summed E-state index contributed by atoms with van der Waals surface area (Å²) in [6.07, 6.45) is 1.40. The van der Waals surface area contributed by atoms with Crippen molar-refractivity contribution in [2.75, 3.05) is 12.5 Å². The highest BCUT2D eigenvalue weighted by Gasteiger charge is 2.09. The van der Waals surface area contributed by atoms with Gasteiger partial charge in [-0.05, 0) is 36.4 Å². The van der Waals surface area contributed by atoms with E-state index in [1.165, 1.54) is 12.3 Å². The molecule has 6 heteroatoms. The van der Waals surface area contributed by atoms with E-state index in [9.17, 15) is 4.39 Å². The number of aromatic nitrogens is 2. The summed E-state index contributed by atoms with van der Waals surface area (Å²) in [6, 6.07) is 25.8. The van der Waals surface area contributed by atoms with Crippen molar-refractivity contribution in [3.8, 4) is 28.3 Å². The number of ether oxygens (including phenoxy) is 1. The number of methoxy groups -OCH3 is 1. The maximum Gasteiger partial charge on any atom is 0.244 e. The second kappa shape index (κ2) is 8.96. The lowest BCUT2D eigenvalue weighted by Crippen LogP contribution is -2.00. The van der Waals surface area contributed by atoms with Crippen LogP contribution in [0.5, 0.6) is 5.75 Å². The van der Waals surface area contributed by atoms with Crippen LogP contribution in [-0.2, 0) is 0 Å². The first kappa shape index (κ1) is 19.3. The summed E-state index contributed by atoms with van der Waals surface area (Å²) in [5.74, 6) is 0.736. The molecule has 0 aliphatic heterocycles. The number of hydrogen-bond donors (Lipinski definition) is 1. The topological polar surface area (TPSA) is 59.4 Å². The second-order valence-corrected chi connectivity index (χ2v) is 6.45. The SMILES string of the molecule is COc1ccc(-c2cc(-c3ccccc3)nc(N/N=C/c3ccccc3F)n2)cc1. The second-order valence-electron chi connectivity index (χ2n) is 6.45. The first-order chi connectivity index (χ1) is 14.7. The van der Waals surface area contributed by atoms with Gasteiger partial charge in [-0.25, -0.2) is 19.8 Å². The molecule has 0 radical (unpaired) electrons. The van der Waals surface area contributed by atoms with E-state index in [1.807, 2.05) is 60.7 Å². The van der Waals surface area contributed by atoms with Crippen molar-refractivity contribution in [3.63, 3.8) is 0 Å². The number of nitrogens with one attached hydrogen (secondary N) is 1. The molecule has 4 aromatic rings. The predicted molar refractivity (Wildman–Crippen MR) is 117 cm³/mol. The van der Waals surface area contributed by atoms with Crippen LogP contribution >= 0.6 is 0 Å². The fourth-order valence-electron chi connectivity index (χ4n) is 2.90. The summed E-state index contributed by atoms with van der Waals surface area (Å²) in [4.78, 5) is 9.13. The molecule has 1 heterocycles. The zero-order valence-corrected chi connectivity index (χ0v) is 16.3. The third-order valence-electron chi connectivity index (χ3n) is 4.45. The zero-order chi connectivity index (χ0) is 20.8. The maximum absolute atomic E-state index is 13.8. The molecule has 148 valence electrons. The minimum absolute atomic E-state index is 0.315. The number of hydrazone groups is 1. The minimum Gasteiger partial charge on any atom is -0.497 e. The van der Waals surface area contributed by atoms with Gasteiger partial charge in [-0.3, -0.25) is 0 Å². The lowest BCUT2D eigenvalue weighted by Gasteiger charge is -2.09. The summed E-state index contributed by atoms with van der Waals surface area (Å²) >= 11 is 0. The van der Waals surface area contributed by atoms with Gasteiger partial charge in [0.25, 0.3) is 0 Å². The Morgan fingerprint density at radius 3 is 2.13 bits per heavy atom. The number of benzene rings is 3. The van der Waals surface area contributed by atoms with E-state index in [0.29, 0.717) is 11.5 Å². The number of anilines is 1. The quantitative estimate of drug-likeness (QED) is 0.349. The summed E-state index contributed by atoms with van der Waals surface area (Å²) in [5, 5.41) is 4.11.